The standard InChI is InChI=1S/C20H28N4O2/c1-22-17-7-5-15(11-18(17)23(2)20(22)26)12-21-16-6-8-19(25)24(10-9-16)13-14-3-4-14/h5,7,11,14,16,21H,3-4,6,8-10,12-13H2,1-2H3/t16-/m0/s1. The predicted molar refractivity (Wildman–Crippen MR) is 102 cm³/mol. The molecule has 1 aromatic carbocycles. The van der Waals surface area contributed by atoms with Gasteiger partial charge in [-0.05, 0) is 49.3 Å². The summed E-state index contributed by atoms with van der Waals surface area (Å²) in [4.78, 5) is 26.4. The summed E-state index contributed by atoms with van der Waals surface area (Å²) in [7, 11) is 3.62. The summed E-state index contributed by atoms with van der Waals surface area (Å²) in [6, 6.07) is 6.56. The van der Waals surface area contributed by atoms with Crippen LogP contribution in [-0.4, -0.2) is 39.1 Å². The Morgan fingerprint density at radius 2 is 1.81 bits per heavy atom. The molecule has 6 heteroatoms. The third-order valence-corrected chi connectivity index (χ3v) is 5.91. The van der Waals surface area contributed by atoms with E-state index in [4.69, 9.17) is 0 Å². The van der Waals surface area contributed by atoms with Crippen LogP contribution < -0.4 is 11.0 Å². The van der Waals surface area contributed by atoms with Crippen molar-refractivity contribution in [3.8, 4) is 0 Å². The van der Waals surface area contributed by atoms with Gasteiger partial charge in [0.1, 0.15) is 0 Å². The molecule has 2 aromatic rings. The summed E-state index contributed by atoms with van der Waals surface area (Å²) in [5, 5.41) is 3.62. The second-order valence-electron chi connectivity index (χ2n) is 7.91. The Morgan fingerprint density at radius 1 is 1.04 bits per heavy atom. The van der Waals surface area contributed by atoms with Crippen molar-refractivity contribution in [2.75, 3.05) is 13.1 Å². The van der Waals surface area contributed by atoms with Crippen molar-refractivity contribution in [2.24, 2.45) is 20.0 Å². The normalized spacial score (nSPS) is 21.4. The highest BCUT2D eigenvalue weighted by atomic mass is 16.2. The third-order valence-electron chi connectivity index (χ3n) is 5.91. The van der Waals surface area contributed by atoms with Gasteiger partial charge in [0.05, 0.1) is 11.0 Å². The summed E-state index contributed by atoms with van der Waals surface area (Å²) >= 11 is 0. The first-order valence-electron chi connectivity index (χ1n) is 9.68. The molecule has 4 rings (SSSR count). The highest BCUT2D eigenvalue weighted by Crippen LogP contribution is 2.30. The first-order valence-corrected chi connectivity index (χ1v) is 9.68. The van der Waals surface area contributed by atoms with Crippen LogP contribution in [0.2, 0.25) is 0 Å². The van der Waals surface area contributed by atoms with Crippen LogP contribution in [0.3, 0.4) is 0 Å². The fourth-order valence-electron chi connectivity index (χ4n) is 3.97. The van der Waals surface area contributed by atoms with Gasteiger partial charge in [0.25, 0.3) is 0 Å². The van der Waals surface area contributed by atoms with E-state index >= 15 is 0 Å². The predicted octanol–water partition coefficient (Wildman–Crippen LogP) is 1.76. The highest BCUT2D eigenvalue weighted by molar-refractivity contribution is 5.77. The summed E-state index contributed by atoms with van der Waals surface area (Å²) in [5.74, 6) is 1.08. The number of nitrogens with one attached hydrogen (secondary N) is 1. The maximum absolute atomic E-state index is 12.3. The fraction of sp³-hybridized carbons (Fsp3) is 0.600. The number of fused-ring (bicyclic) bond motifs is 1. The van der Waals surface area contributed by atoms with E-state index in [2.05, 4.69) is 22.3 Å². The number of nitrogens with zero attached hydrogens (tertiary/aromatic N) is 3. The first kappa shape index (κ1) is 17.3. The summed E-state index contributed by atoms with van der Waals surface area (Å²) < 4.78 is 3.37. The maximum Gasteiger partial charge on any atom is 0.328 e. The number of imidazole rings is 1. The van der Waals surface area contributed by atoms with Crippen LogP contribution in [0.15, 0.2) is 23.0 Å². The molecule has 6 nitrogen and oxygen atoms in total. The number of amides is 1. The molecule has 2 aliphatic rings. The Bertz CT molecular complexity index is 878. The van der Waals surface area contributed by atoms with Crippen molar-refractivity contribution in [2.45, 2.75) is 44.7 Å². The number of benzene rings is 1. The minimum atomic E-state index is 0.00291. The monoisotopic (exact) mass is 356 g/mol. The molecule has 0 radical (unpaired) electrons. The van der Waals surface area contributed by atoms with E-state index in [0.717, 1.165) is 49.4 Å². The van der Waals surface area contributed by atoms with Gasteiger partial charge in [0.15, 0.2) is 0 Å². The fourth-order valence-corrected chi connectivity index (χ4v) is 3.97. The molecule has 0 unspecified atom stereocenters. The van der Waals surface area contributed by atoms with Gasteiger partial charge in [-0.15, -0.1) is 0 Å². The average molecular weight is 356 g/mol. The van der Waals surface area contributed by atoms with Crippen LogP contribution in [-0.2, 0) is 25.4 Å². The van der Waals surface area contributed by atoms with Crippen molar-refractivity contribution in [1.29, 1.82) is 0 Å². The molecule has 26 heavy (non-hydrogen) atoms. The van der Waals surface area contributed by atoms with Crippen molar-refractivity contribution >= 4 is 16.9 Å². The van der Waals surface area contributed by atoms with Gasteiger partial charge in [0, 0.05) is 46.2 Å². The number of aromatic nitrogens is 2. The quantitative estimate of drug-likeness (QED) is 0.888. The number of hydrogen-bond acceptors (Lipinski definition) is 3. The molecule has 1 atom stereocenters. The lowest BCUT2D eigenvalue weighted by molar-refractivity contribution is -0.130. The van der Waals surface area contributed by atoms with Crippen LogP contribution in [0.5, 0.6) is 0 Å². The van der Waals surface area contributed by atoms with Gasteiger partial charge in [0.2, 0.25) is 5.91 Å². The van der Waals surface area contributed by atoms with Crippen LogP contribution in [0, 0.1) is 5.92 Å². The minimum Gasteiger partial charge on any atom is -0.342 e. The van der Waals surface area contributed by atoms with E-state index < -0.39 is 0 Å². The lowest BCUT2D eigenvalue weighted by Gasteiger charge is -2.21. The molecule has 1 aromatic heterocycles. The lowest BCUT2D eigenvalue weighted by Crippen LogP contribution is -2.33. The molecule has 0 bridgehead atoms. The smallest absolute Gasteiger partial charge is 0.328 e. The summed E-state index contributed by atoms with van der Waals surface area (Å²) in [5.41, 5.74) is 3.09. The second-order valence-corrected chi connectivity index (χ2v) is 7.91. The van der Waals surface area contributed by atoms with Crippen molar-refractivity contribution in [3.63, 3.8) is 0 Å². The van der Waals surface area contributed by atoms with E-state index in [1.165, 1.54) is 18.4 Å². The molecule has 2 heterocycles. The number of carbonyl (C=O) groups is 1. The van der Waals surface area contributed by atoms with Crippen molar-refractivity contribution < 1.29 is 4.79 Å². The zero-order valence-electron chi connectivity index (χ0n) is 15.7. The van der Waals surface area contributed by atoms with E-state index in [1.807, 2.05) is 13.1 Å². The largest absolute Gasteiger partial charge is 0.342 e. The molecule has 1 saturated heterocycles. The highest BCUT2D eigenvalue weighted by Gasteiger charge is 2.29. The zero-order valence-corrected chi connectivity index (χ0v) is 15.7. The number of aryl methyl sites for hydroxylation is 2. The number of rotatable bonds is 5. The SMILES string of the molecule is Cn1c(=O)n(C)c2cc(CN[C@H]3CCC(=O)N(CC4CC4)CC3)ccc21. The molecule has 1 amide bonds. The molecule has 1 aliphatic heterocycles. The maximum atomic E-state index is 12.3. The molecule has 1 saturated carbocycles. The summed E-state index contributed by atoms with van der Waals surface area (Å²) in [6.45, 7) is 2.60. The molecule has 2 fully saturated rings. The Hall–Kier alpha value is -2.08. The van der Waals surface area contributed by atoms with Gasteiger partial charge < -0.3 is 10.2 Å². The minimum absolute atomic E-state index is 0.00291. The number of likely N-dealkylation sites (tertiary alicyclic amines) is 1. The van der Waals surface area contributed by atoms with Crippen molar-refractivity contribution in [3.05, 3.63) is 34.2 Å². The molecular weight excluding hydrogens is 328 g/mol. The van der Waals surface area contributed by atoms with Gasteiger partial charge in [-0.1, -0.05) is 6.07 Å². The van der Waals surface area contributed by atoms with E-state index in [-0.39, 0.29) is 5.69 Å². The number of hydrogen-bond donors (Lipinski definition) is 1. The topological polar surface area (TPSA) is 59.3 Å². The molecule has 0 spiro atoms. The van der Waals surface area contributed by atoms with Crippen LogP contribution >= 0.6 is 0 Å². The third kappa shape index (κ3) is 3.43. The molecule has 140 valence electrons. The first-order chi connectivity index (χ1) is 12.5. The Labute approximate surface area is 153 Å². The molecular formula is C20H28N4O2. The van der Waals surface area contributed by atoms with Crippen LogP contribution in [0.1, 0.15) is 37.7 Å². The zero-order chi connectivity index (χ0) is 18.3. The van der Waals surface area contributed by atoms with E-state index in [1.54, 1.807) is 16.2 Å². The Kier molecular flexibility index (Phi) is 4.61. The van der Waals surface area contributed by atoms with Crippen LogP contribution in [0.25, 0.3) is 11.0 Å². The van der Waals surface area contributed by atoms with Gasteiger partial charge in [-0.2, -0.15) is 0 Å². The summed E-state index contributed by atoms with van der Waals surface area (Å²) in [6.07, 6.45) is 5.15. The number of carbonyl (C=O) groups excluding carboxylic acids is 1. The van der Waals surface area contributed by atoms with Gasteiger partial charge >= 0.3 is 5.69 Å². The van der Waals surface area contributed by atoms with Crippen LogP contribution in [0.4, 0.5) is 0 Å². The van der Waals surface area contributed by atoms with E-state index in [9.17, 15) is 9.59 Å². The van der Waals surface area contributed by atoms with Crippen molar-refractivity contribution in [1.82, 2.24) is 19.4 Å². The average Bonchev–Trinajstić information content (AvgIpc) is 3.46. The molecule has 1 N–H and O–H groups in total. The Balaban J connectivity index is 1.39. The van der Waals surface area contributed by atoms with E-state index in [0.29, 0.717) is 18.4 Å². The second kappa shape index (κ2) is 6.91. The van der Waals surface area contributed by atoms with Gasteiger partial charge in [-0.25, -0.2) is 4.79 Å². The lowest BCUT2D eigenvalue weighted by atomic mass is 10.1. The van der Waals surface area contributed by atoms with Gasteiger partial charge in [-0.3, -0.25) is 13.9 Å². The Morgan fingerprint density at radius 3 is 2.58 bits per heavy atom. The molecule has 1 aliphatic carbocycles.